The second-order valence-electron chi connectivity index (χ2n) is 8.00. The third-order valence-electron chi connectivity index (χ3n) is 4.95. The molecule has 31 heavy (non-hydrogen) atoms. The summed E-state index contributed by atoms with van der Waals surface area (Å²) in [5.41, 5.74) is 3.65. The molecule has 0 spiro atoms. The summed E-state index contributed by atoms with van der Waals surface area (Å²) >= 11 is 0. The summed E-state index contributed by atoms with van der Waals surface area (Å²) in [6.45, 7) is 7.10. The van der Waals surface area contributed by atoms with Crippen molar-refractivity contribution < 1.29 is 14.3 Å². The maximum absolute atomic E-state index is 12.9. The molecule has 0 saturated carbocycles. The van der Waals surface area contributed by atoms with Crippen LogP contribution in [-0.4, -0.2) is 35.8 Å². The molecule has 0 unspecified atom stereocenters. The van der Waals surface area contributed by atoms with Gasteiger partial charge in [0, 0.05) is 19.3 Å². The Morgan fingerprint density at radius 3 is 2.68 bits per heavy atom. The van der Waals surface area contributed by atoms with Gasteiger partial charge in [-0.3, -0.25) is 9.36 Å². The van der Waals surface area contributed by atoms with Gasteiger partial charge in [-0.15, -0.1) is 0 Å². The fraction of sp³-hybridized carbons (Fsp3) is 0.375. The third kappa shape index (κ3) is 5.05. The number of methoxy groups -OCH3 is 1. The molecule has 0 aliphatic carbocycles. The quantitative estimate of drug-likeness (QED) is 0.556. The highest BCUT2D eigenvalue weighted by Gasteiger charge is 2.15. The van der Waals surface area contributed by atoms with E-state index in [1.807, 2.05) is 45.0 Å². The average Bonchev–Trinajstić information content (AvgIpc) is 2.75. The zero-order chi connectivity index (χ0) is 22.5. The van der Waals surface area contributed by atoms with Crippen LogP contribution in [0.1, 0.15) is 35.3 Å². The number of aryl methyl sites for hydroxylation is 1. The van der Waals surface area contributed by atoms with Crippen LogP contribution in [-0.2, 0) is 18.2 Å². The van der Waals surface area contributed by atoms with Crippen molar-refractivity contribution in [3.05, 3.63) is 63.4 Å². The number of nitrogens with one attached hydrogen (secondary N) is 1. The molecule has 1 N–H and O–H groups in total. The zero-order valence-electron chi connectivity index (χ0n) is 18.7. The van der Waals surface area contributed by atoms with E-state index >= 15 is 0 Å². The fourth-order valence-electron chi connectivity index (χ4n) is 3.41. The van der Waals surface area contributed by atoms with Gasteiger partial charge in [0.1, 0.15) is 0 Å². The van der Waals surface area contributed by atoms with E-state index in [0.29, 0.717) is 53.7 Å². The van der Waals surface area contributed by atoms with Gasteiger partial charge >= 0.3 is 5.97 Å². The molecular weight excluding hydrogens is 394 g/mol. The number of anilines is 1. The van der Waals surface area contributed by atoms with Crippen LogP contribution < -0.4 is 15.6 Å². The van der Waals surface area contributed by atoms with Gasteiger partial charge in [0.25, 0.3) is 11.6 Å². The largest absolute Gasteiger partial charge is 0.465 e. The number of fused-ring (bicyclic) bond motifs is 1. The predicted octanol–water partition coefficient (Wildman–Crippen LogP) is 3.72. The highest BCUT2D eigenvalue weighted by atomic mass is 16.5. The minimum atomic E-state index is -0.388. The van der Waals surface area contributed by atoms with Crippen molar-refractivity contribution in [1.29, 1.82) is 0 Å². The lowest BCUT2D eigenvalue weighted by Crippen LogP contribution is -2.22. The van der Waals surface area contributed by atoms with Crippen molar-refractivity contribution in [3.63, 3.8) is 0 Å². The summed E-state index contributed by atoms with van der Waals surface area (Å²) in [4.78, 5) is 29.6. The molecule has 0 amide bonds. The Morgan fingerprint density at radius 2 is 1.97 bits per heavy atom. The lowest BCUT2D eigenvalue weighted by molar-refractivity contribution is 0.0602. The van der Waals surface area contributed by atoms with Gasteiger partial charge in [-0.05, 0) is 48.6 Å². The van der Waals surface area contributed by atoms with E-state index in [0.717, 1.165) is 11.1 Å². The lowest BCUT2D eigenvalue weighted by atomic mass is 10.0. The topological polar surface area (TPSA) is 82.5 Å². The summed E-state index contributed by atoms with van der Waals surface area (Å²) in [5, 5.41) is 3.87. The molecule has 0 aliphatic rings. The molecule has 0 fully saturated rings. The van der Waals surface area contributed by atoms with Crippen LogP contribution in [0, 0.1) is 12.8 Å². The molecule has 2 aromatic carbocycles. The maximum atomic E-state index is 12.9. The average molecular weight is 424 g/mol. The highest BCUT2D eigenvalue weighted by molar-refractivity contribution is 5.95. The molecule has 0 saturated heterocycles. The first-order valence-electron chi connectivity index (χ1n) is 10.4. The van der Waals surface area contributed by atoms with E-state index in [1.165, 1.54) is 11.7 Å². The number of hydrogen-bond acceptors (Lipinski definition) is 6. The number of carbonyl (C=O) groups is 1. The normalized spacial score (nSPS) is 11.0. The second-order valence-corrected chi connectivity index (χ2v) is 8.00. The second kappa shape index (κ2) is 9.64. The van der Waals surface area contributed by atoms with E-state index in [2.05, 4.69) is 10.3 Å². The standard InChI is InChI=1S/C24H29N3O4/c1-15(2)14-31-24-26-21-17(12-16(3)13-19(21)22(28)27(24)4)10-11-25-20-9-7-6-8-18(20)23(29)30-5/h6-9,12-13,15,25H,10-11,14H2,1-5H3. The minimum Gasteiger partial charge on any atom is -0.465 e. The van der Waals surface area contributed by atoms with E-state index in [1.54, 1.807) is 19.2 Å². The van der Waals surface area contributed by atoms with Crippen LogP contribution in [0.25, 0.3) is 10.9 Å². The molecule has 0 atom stereocenters. The van der Waals surface area contributed by atoms with Crippen molar-refractivity contribution in [3.8, 4) is 6.01 Å². The first-order valence-corrected chi connectivity index (χ1v) is 10.4. The van der Waals surface area contributed by atoms with Crippen molar-refractivity contribution in [2.75, 3.05) is 25.6 Å². The van der Waals surface area contributed by atoms with E-state index < -0.39 is 0 Å². The van der Waals surface area contributed by atoms with Gasteiger partial charge in [0.05, 0.1) is 30.2 Å². The summed E-state index contributed by atoms with van der Waals surface area (Å²) in [5.74, 6) is -0.0645. The Morgan fingerprint density at radius 1 is 1.23 bits per heavy atom. The maximum Gasteiger partial charge on any atom is 0.339 e. The Hall–Kier alpha value is -3.35. The number of aromatic nitrogens is 2. The van der Waals surface area contributed by atoms with Crippen molar-refractivity contribution in [1.82, 2.24) is 9.55 Å². The number of esters is 1. The molecular formula is C24H29N3O4. The van der Waals surface area contributed by atoms with Crippen molar-refractivity contribution >= 4 is 22.6 Å². The molecule has 7 nitrogen and oxygen atoms in total. The predicted molar refractivity (Wildman–Crippen MR) is 122 cm³/mol. The van der Waals surface area contributed by atoms with E-state index in [-0.39, 0.29) is 11.5 Å². The van der Waals surface area contributed by atoms with Crippen molar-refractivity contribution in [2.45, 2.75) is 27.2 Å². The fourth-order valence-corrected chi connectivity index (χ4v) is 3.41. The minimum absolute atomic E-state index is 0.127. The number of nitrogens with zero attached hydrogens (tertiary/aromatic N) is 2. The first kappa shape index (κ1) is 22.3. The van der Waals surface area contributed by atoms with E-state index in [9.17, 15) is 9.59 Å². The van der Waals surface area contributed by atoms with Gasteiger partial charge in [-0.1, -0.05) is 32.0 Å². The monoisotopic (exact) mass is 423 g/mol. The number of hydrogen-bond donors (Lipinski definition) is 1. The molecule has 3 aromatic rings. The molecule has 7 heteroatoms. The highest BCUT2D eigenvalue weighted by Crippen LogP contribution is 2.21. The number of benzene rings is 2. The van der Waals surface area contributed by atoms with Gasteiger partial charge in [-0.25, -0.2) is 4.79 Å². The van der Waals surface area contributed by atoms with Crippen LogP contribution >= 0.6 is 0 Å². The first-order chi connectivity index (χ1) is 14.8. The molecule has 3 rings (SSSR count). The molecule has 0 aliphatic heterocycles. The Kier molecular flexibility index (Phi) is 6.95. The van der Waals surface area contributed by atoms with Crippen molar-refractivity contribution in [2.24, 2.45) is 13.0 Å². The molecule has 164 valence electrons. The van der Waals surface area contributed by atoms with Crippen LogP contribution in [0.2, 0.25) is 0 Å². The number of carbonyl (C=O) groups excluding carboxylic acids is 1. The molecule has 1 aromatic heterocycles. The van der Waals surface area contributed by atoms with Crippen LogP contribution in [0.4, 0.5) is 5.69 Å². The Balaban J connectivity index is 1.90. The summed E-state index contributed by atoms with van der Waals surface area (Å²) in [7, 11) is 3.04. The SMILES string of the molecule is COC(=O)c1ccccc1NCCc1cc(C)cc2c(=O)n(C)c(OCC(C)C)nc12. The van der Waals surface area contributed by atoms with Gasteiger partial charge in [0.15, 0.2) is 0 Å². The zero-order valence-corrected chi connectivity index (χ0v) is 18.7. The van der Waals surface area contributed by atoms with Gasteiger partial charge in [0.2, 0.25) is 0 Å². The Bertz CT molecular complexity index is 1150. The number of rotatable bonds is 8. The van der Waals surface area contributed by atoms with Gasteiger partial charge in [-0.2, -0.15) is 4.98 Å². The van der Waals surface area contributed by atoms with Crippen LogP contribution in [0.3, 0.4) is 0 Å². The molecule has 0 bridgehead atoms. The smallest absolute Gasteiger partial charge is 0.339 e. The summed E-state index contributed by atoms with van der Waals surface area (Å²) in [6, 6.07) is 11.4. The van der Waals surface area contributed by atoms with Crippen LogP contribution in [0.5, 0.6) is 6.01 Å². The van der Waals surface area contributed by atoms with Crippen LogP contribution in [0.15, 0.2) is 41.2 Å². The van der Waals surface area contributed by atoms with E-state index in [4.69, 9.17) is 9.47 Å². The molecule has 1 heterocycles. The number of ether oxygens (including phenoxy) is 2. The summed E-state index contributed by atoms with van der Waals surface area (Å²) < 4.78 is 12.1. The molecule has 0 radical (unpaired) electrons. The Labute approximate surface area is 182 Å². The third-order valence-corrected chi connectivity index (χ3v) is 4.95. The summed E-state index contributed by atoms with van der Waals surface area (Å²) in [6.07, 6.45) is 0.622. The number of para-hydroxylation sites is 1. The van der Waals surface area contributed by atoms with Gasteiger partial charge < -0.3 is 14.8 Å². The lowest BCUT2D eigenvalue weighted by Gasteiger charge is -2.15.